The summed E-state index contributed by atoms with van der Waals surface area (Å²) in [4.78, 5) is 15.7. The number of amides is 1. The Morgan fingerprint density at radius 3 is 2.68 bits per heavy atom. The Morgan fingerprint density at radius 2 is 2.09 bits per heavy atom. The molecule has 114 valence electrons. The molecule has 2 aliphatic heterocycles. The second-order valence-electron chi connectivity index (χ2n) is 5.79. The molecule has 0 N–H and O–H groups in total. The van der Waals surface area contributed by atoms with Gasteiger partial charge in [0.05, 0.1) is 7.11 Å². The second kappa shape index (κ2) is 6.10. The lowest BCUT2D eigenvalue weighted by molar-refractivity contribution is -0.130. The van der Waals surface area contributed by atoms with Crippen molar-refractivity contribution < 1.29 is 9.53 Å². The van der Waals surface area contributed by atoms with Crippen molar-refractivity contribution in [2.75, 3.05) is 33.3 Å². The number of nitriles is 1. The number of rotatable bonds is 3. The van der Waals surface area contributed by atoms with Gasteiger partial charge in [0.15, 0.2) is 6.19 Å². The van der Waals surface area contributed by atoms with Crippen LogP contribution in [0.15, 0.2) is 35.9 Å². The van der Waals surface area contributed by atoms with Gasteiger partial charge >= 0.3 is 0 Å². The minimum Gasteiger partial charge on any atom is -0.497 e. The fraction of sp³-hybridized carbons (Fsp3) is 0.412. The molecule has 5 heteroatoms. The molecule has 1 amide bonds. The van der Waals surface area contributed by atoms with E-state index < -0.39 is 0 Å². The lowest BCUT2D eigenvalue weighted by Crippen LogP contribution is -2.47. The molecule has 0 radical (unpaired) electrons. The van der Waals surface area contributed by atoms with Crippen molar-refractivity contribution in [2.45, 2.75) is 12.3 Å². The van der Waals surface area contributed by atoms with Crippen LogP contribution in [0.5, 0.6) is 5.75 Å². The fourth-order valence-electron chi connectivity index (χ4n) is 2.90. The normalized spacial score (nSPS) is 19.9. The number of methoxy groups -OCH3 is 1. The molecule has 0 bridgehead atoms. The second-order valence-corrected chi connectivity index (χ2v) is 5.79. The summed E-state index contributed by atoms with van der Waals surface area (Å²) in [5.41, 5.74) is 2.30. The van der Waals surface area contributed by atoms with Crippen molar-refractivity contribution in [1.29, 1.82) is 5.26 Å². The Morgan fingerprint density at radius 1 is 1.36 bits per heavy atom. The molecular weight excluding hydrogens is 278 g/mol. The molecular formula is C17H19N3O2. The summed E-state index contributed by atoms with van der Waals surface area (Å²) in [5.74, 6) is 1.33. The highest BCUT2D eigenvalue weighted by molar-refractivity contribution is 5.89. The maximum atomic E-state index is 12.2. The molecule has 2 aliphatic rings. The first kappa shape index (κ1) is 14.5. The monoisotopic (exact) mass is 297 g/mol. The zero-order valence-corrected chi connectivity index (χ0v) is 12.7. The van der Waals surface area contributed by atoms with E-state index in [1.54, 1.807) is 18.1 Å². The van der Waals surface area contributed by atoms with Crippen LogP contribution in [0.3, 0.4) is 0 Å². The standard InChI is InChI=1S/C17H19N3O2/c1-22-16-4-2-14(3-5-16)15-10-20(11-15)17(21)8-13-6-7-19(9-13)12-18/h2-5,8,15H,6-7,9-11H2,1H3/b13-8+. The molecule has 0 aliphatic carbocycles. The Hall–Kier alpha value is -2.48. The Bertz CT molecular complexity index is 624. The molecule has 2 heterocycles. The number of likely N-dealkylation sites (tertiary alicyclic amines) is 2. The van der Waals surface area contributed by atoms with Gasteiger partial charge in [-0.1, -0.05) is 12.1 Å². The van der Waals surface area contributed by atoms with Crippen molar-refractivity contribution in [2.24, 2.45) is 0 Å². The van der Waals surface area contributed by atoms with Gasteiger partial charge in [0.25, 0.3) is 0 Å². The average molecular weight is 297 g/mol. The van der Waals surface area contributed by atoms with Gasteiger partial charge in [-0.25, -0.2) is 0 Å². The lowest BCUT2D eigenvalue weighted by atomic mass is 9.91. The summed E-state index contributed by atoms with van der Waals surface area (Å²) in [6.07, 6.45) is 4.64. The molecule has 5 nitrogen and oxygen atoms in total. The largest absolute Gasteiger partial charge is 0.497 e. The highest BCUT2D eigenvalue weighted by Gasteiger charge is 2.31. The van der Waals surface area contributed by atoms with Crippen LogP contribution < -0.4 is 4.74 Å². The highest BCUT2D eigenvalue weighted by atomic mass is 16.5. The van der Waals surface area contributed by atoms with Crippen molar-refractivity contribution in [3.63, 3.8) is 0 Å². The number of ether oxygens (including phenoxy) is 1. The topological polar surface area (TPSA) is 56.6 Å². The molecule has 1 aromatic carbocycles. The number of hydrogen-bond acceptors (Lipinski definition) is 4. The number of carbonyl (C=O) groups is 1. The van der Waals surface area contributed by atoms with Crippen molar-refractivity contribution in [3.05, 3.63) is 41.5 Å². The van der Waals surface area contributed by atoms with Crippen LogP contribution in [-0.2, 0) is 4.79 Å². The quantitative estimate of drug-likeness (QED) is 0.630. The lowest BCUT2D eigenvalue weighted by Gasteiger charge is -2.39. The maximum absolute atomic E-state index is 12.2. The van der Waals surface area contributed by atoms with Gasteiger partial charge < -0.3 is 14.5 Å². The van der Waals surface area contributed by atoms with E-state index in [4.69, 9.17) is 10.00 Å². The third kappa shape index (κ3) is 2.91. The summed E-state index contributed by atoms with van der Waals surface area (Å²) >= 11 is 0. The average Bonchev–Trinajstić information content (AvgIpc) is 2.94. The highest BCUT2D eigenvalue weighted by Crippen LogP contribution is 2.29. The van der Waals surface area contributed by atoms with E-state index >= 15 is 0 Å². The van der Waals surface area contributed by atoms with Crippen LogP contribution in [0, 0.1) is 11.5 Å². The van der Waals surface area contributed by atoms with Crippen LogP contribution in [0.2, 0.25) is 0 Å². The van der Waals surface area contributed by atoms with Crippen LogP contribution in [0.1, 0.15) is 17.9 Å². The first-order valence-corrected chi connectivity index (χ1v) is 7.46. The number of carbonyl (C=O) groups excluding carboxylic acids is 1. The zero-order chi connectivity index (χ0) is 15.5. The number of nitrogens with zero attached hydrogens (tertiary/aromatic N) is 3. The molecule has 2 fully saturated rings. The molecule has 22 heavy (non-hydrogen) atoms. The van der Waals surface area contributed by atoms with Gasteiger partial charge in [-0.3, -0.25) is 4.79 Å². The molecule has 0 aromatic heterocycles. The van der Waals surface area contributed by atoms with E-state index in [0.29, 0.717) is 12.5 Å². The summed E-state index contributed by atoms with van der Waals surface area (Å²) in [5, 5.41) is 8.83. The smallest absolute Gasteiger partial charge is 0.246 e. The molecule has 0 atom stereocenters. The molecule has 1 aromatic rings. The predicted molar refractivity (Wildman–Crippen MR) is 82.2 cm³/mol. The van der Waals surface area contributed by atoms with Gasteiger partial charge in [0.2, 0.25) is 5.91 Å². The van der Waals surface area contributed by atoms with Gasteiger partial charge in [-0.15, -0.1) is 0 Å². The van der Waals surface area contributed by atoms with E-state index in [9.17, 15) is 4.79 Å². The minimum absolute atomic E-state index is 0.0690. The van der Waals surface area contributed by atoms with Crippen LogP contribution in [-0.4, -0.2) is 49.0 Å². The Labute approximate surface area is 130 Å². The van der Waals surface area contributed by atoms with Crippen molar-refractivity contribution in [3.8, 4) is 11.9 Å². The third-order valence-electron chi connectivity index (χ3n) is 4.35. The van der Waals surface area contributed by atoms with E-state index in [1.807, 2.05) is 17.0 Å². The summed E-state index contributed by atoms with van der Waals surface area (Å²) < 4.78 is 5.15. The fourth-order valence-corrected chi connectivity index (χ4v) is 2.90. The van der Waals surface area contributed by atoms with Gasteiger partial charge in [-0.05, 0) is 29.7 Å². The van der Waals surface area contributed by atoms with E-state index in [2.05, 4.69) is 18.3 Å². The van der Waals surface area contributed by atoms with Crippen molar-refractivity contribution in [1.82, 2.24) is 9.80 Å². The summed E-state index contributed by atoms with van der Waals surface area (Å²) in [7, 11) is 1.66. The molecule has 3 rings (SSSR count). The zero-order valence-electron chi connectivity index (χ0n) is 12.7. The van der Waals surface area contributed by atoms with E-state index in [-0.39, 0.29) is 5.91 Å². The first-order valence-electron chi connectivity index (χ1n) is 7.46. The molecule has 2 saturated heterocycles. The van der Waals surface area contributed by atoms with Crippen LogP contribution in [0.25, 0.3) is 0 Å². The minimum atomic E-state index is 0.0690. The predicted octanol–water partition coefficient (Wildman–Crippen LogP) is 1.73. The Kier molecular flexibility index (Phi) is 4.01. The Balaban J connectivity index is 1.53. The van der Waals surface area contributed by atoms with Gasteiger partial charge in [-0.2, -0.15) is 5.26 Å². The summed E-state index contributed by atoms with van der Waals surface area (Å²) in [6, 6.07) is 8.03. The molecule has 0 unspecified atom stereocenters. The van der Waals surface area contributed by atoms with Gasteiger partial charge in [0.1, 0.15) is 5.75 Å². The third-order valence-corrected chi connectivity index (χ3v) is 4.35. The van der Waals surface area contributed by atoms with Gasteiger partial charge in [0, 0.05) is 38.2 Å². The maximum Gasteiger partial charge on any atom is 0.246 e. The van der Waals surface area contributed by atoms with E-state index in [1.165, 1.54) is 5.56 Å². The van der Waals surface area contributed by atoms with Crippen molar-refractivity contribution >= 4 is 5.91 Å². The van der Waals surface area contributed by atoms with Crippen LogP contribution >= 0.6 is 0 Å². The SMILES string of the molecule is COc1ccc(C2CN(C(=O)/C=C3\CCN(C#N)C3)C2)cc1. The first-order chi connectivity index (χ1) is 10.7. The van der Waals surface area contributed by atoms with Crippen LogP contribution in [0.4, 0.5) is 0 Å². The number of benzene rings is 1. The molecule has 0 spiro atoms. The molecule has 0 saturated carbocycles. The van der Waals surface area contributed by atoms with E-state index in [0.717, 1.165) is 37.4 Å². The summed E-state index contributed by atoms with van der Waals surface area (Å²) in [6.45, 7) is 2.84. The number of hydrogen-bond donors (Lipinski definition) is 0.